The molecule has 2 N–H and O–H groups in total. The average molecular weight is 182 g/mol. The maximum Gasteiger partial charge on any atom is 0.0125 e. The SMILES string of the molecule is CCCN(CC1CC1)C1CC(N)C1. The van der Waals surface area contributed by atoms with Crippen LogP contribution in [-0.4, -0.2) is 30.1 Å². The maximum absolute atomic E-state index is 5.82. The fourth-order valence-electron chi connectivity index (χ4n) is 2.27. The lowest BCUT2D eigenvalue weighted by atomic mass is 9.86. The highest BCUT2D eigenvalue weighted by Gasteiger charge is 2.33. The van der Waals surface area contributed by atoms with Crippen LogP contribution in [0.2, 0.25) is 0 Å². The fourth-order valence-corrected chi connectivity index (χ4v) is 2.27. The third-order valence-electron chi connectivity index (χ3n) is 3.37. The van der Waals surface area contributed by atoms with E-state index in [-0.39, 0.29) is 0 Å². The minimum Gasteiger partial charge on any atom is -0.328 e. The highest BCUT2D eigenvalue weighted by Crippen LogP contribution is 2.33. The molecule has 2 heteroatoms. The summed E-state index contributed by atoms with van der Waals surface area (Å²) in [7, 11) is 0. The molecule has 0 bridgehead atoms. The molecule has 0 aliphatic heterocycles. The predicted molar refractivity (Wildman–Crippen MR) is 55.6 cm³/mol. The molecule has 0 atom stereocenters. The van der Waals surface area contributed by atoms with Gasteiger partial charge in [0, 0.05) is 18.6 Å². The third kappa shape index (κ3) is 2.44. The predicted octanol–water partition coefficient (Wildman–Crippen LogP) is 1.60. The molecule has 0 spiro atoms. The van der Waals surface area contributed by atoms with Gasteiger partial charge in [-0.25, -0.2) is 0 Å². The summed E-state index contributed by atoms with van der Waals surface area (Å²) < 4.78 is 0. The van der Waals surface area contributed by atoms with Crippen molar-refractivity contribution in [1.29, 1.82) is 0 Å². The van der Waals surface area contributed by atoms with Crippen LogP contribution >= 0.6 is 0 Å². The molecule has 2 aliphatic carbocycles. The lowest BCUT2D eigenvalue weighted by Gasteiger charge is -2.41. The molecule has 0 amide bonds. The van der Waals surface area contributed by atoms with E-state index in [4.69, 9.17) is 5.73 Å². The van der Waals surface area contributed by atoms with Crippen LogP contribution in [0.4, 0.5) is 0 Å². The first-order valence-corrected chi connectivity index (χ1v) is 5.79. The highest BCUT2D eigenvalue weighted by molar-refractivity contribution is 4.91. The van der Waals surface area contributed by atoms with Gasteiger partial charge in [0.1, 0.15) is 0 Å². The Balaban J connectivity index is 1.74. The Morgan fingerprint density at radius 2 is 2.00 bits per heavy atom. The Bertz CT molecular complexity index is 159. The van der Waals surface area contributed by atoms with E-state index in [1.165, 1.54) is 45.2 Å². The Kier molecular flexibility index (Phi) is 2.89. The van der Waals surface area contributed by atoms with Gasteiger partial charge in [-0.3, -0.25) is 0 Å². The molecule has 0 radical (unpaired) electrons. The largest absolute Gasteiger partial charge is 0.328 e. The maximum atomic E-state index is 5.82. The Morgan fingerprint density at radius 3 is 2.46 bits per heavy atom. The summed E-state index contributed by atoms with van der Waals surface area (Å²) >= 11 is 0. The van der Waals surface area contributed by atoms with Crippen LogP contribution in [0.15, 0.2) is 0 Å². The zero-order chi connectivity index (χ0) is 9.26. The molecule has 0 aromatic carbocycles. The standard InChI is InChI=1S/C11H22N2/c1-2-5-13(8-9-3-4-9)11-6-10(12)7-11/h9-11H,2-8,12H2,1H3. The van der Waals surface area contributed by atoms with Crippen molar-refractivity contribution in [2.45, 2.75) is 51.1 Å². The van der Waals surface area contributed by atoms with E-state index in [0.717, 1.165) is 12.0 Å². The molecule has 0 unspecified atom stereocenters. The molecule has 2 saturated carbocycles. The van der Waals surface area contributed by atoms with Gasteiger partial charge in [0.05, 0.1) is 0 Å². The number of rotatable bonds is 5. The van der Waals surface area contributed by atoms with E-state index in [0.29, 0.717) is 6.04 Å². The molecule has 0 aromatic heterocycles. The van der Waals surface area contributed by atoms with E-state index >= 15 is 0 Å². The summed E-state index contributed by atoms with van der Waals surface area (Å²) in [4.78, 5) is 2.68. The summed E-state index contributed by atoms with van der Waals surface area (Å²) in [6.07, 6.45) is 6.72. The molecule has 2 aliphatic rings. The van der Waals surface area contributed by atoms with Crippen molar-refractivity contribution in [3.8, 4) is 0 Å². The monoisotopic (exact) mass is 182 g/mol. The molecule has 76 valence electrons. The molecule has 0 heterocycles. The normalized spacial score (nSPS) is 33.5. The summed E-state index contributed by atoms with van der Waals surface area (Å²) in [6.45, 7) is 4.91. The number of hydrogen-bond donors (Lipinski definition) is 1. The second-order valence-corrected chi connectivity index (χ2v) is 4.82. The van der Waals surface area contributed by atoms with Gasteiger partial charge < -0.3 is 10.6 Å². The van der Waals surface area contributed by atoms with E-state index in [9.17, 15) is 0 Å². The summed E-state index contributed by atoms with van der Waals surface area (Å²) in [5.41, 5.74) is 5.82. The molecule has 0 aromatic rings. The number of nitrogens with two attached hydrogens (primary N) is 1. The van der Waals surface area contributed by atoms with Crippen molar-refractivity contribution in [3.63, 3.8) is 0 Å². The van der Waals surface area contributed by atoms with Crippen LogP contribution in [0.1, 0.15) is 39.0 Å². The fraction of sp³-hybridized carbons (Fsp3) is 1.00. The molecule has 2 fully saturated rings. The number of nitrogens with zero attached hydrogens (tertiary/aromatic N) is 1. The smallest absolute Gasteiger partial charge is 0.0125 e. The molecule has 13 heavy (non-hydrogen) atoms. The van der Waals surface area contributed by atoms with Crippen molar-refractivity contribution < 1.29 is 0 Å². The van der Waals surface area contributed by atoms with Gasteiger partial charge in [0.25, 0.3) is 0 Å². The minimum absolute atomic E-state index is 0.503. The van der Waals surface area contributed by atoms with Crippen molar-refractivity contribution in [2.24, 2.45) is 11.7 Å². The number of hydrogen-bond acceptors (Lipinski definition) is 2. The van der Waals surface area contributed by atoms with Gasteiger partial charge in [-0.1, -0.05) is 6.92 Å². The first-order valence-electron chi connectivity index (χ1n) is 5.79. The van der Waals surface area contributed by atoms with E-state index in [1.54, 1.807) is 0 Å². The van der Waals surface area contributed by atoms with Gasteiger partial charge >= 0.3 is 0 Å². The lowest BCUT2D eigenvalue weighted by Crippen LogP contribution is -2.51. The van der Waals surface area contributed by atoms with Crippen molar-refractivity contribution >= 4 is 0 Å². The Morgan fingerprint density at radius 1 is 1.31 bits per heavy atom. The zero-order valence-corrected chi connectivity index (χ0v) is 8.71. The van der Waals surface area contributed by atoms with Gasteiger partial charge in [-0.15, -0.1) is 0 Å². The van der Waals surface area contributed by atoms with Crippen LogP contribution in [0, 0.1) is 5.92 Å². The lowest BCUT2D eigenvalue weighted by molar-refractivity contribution is 0.105. The summed E-state index contributed by atoms with van der Waals surface area (Å²) in [5, 5.41) is 0. The Labute approximate surface area is 81.5 Å². The first kappa shape index (κ1) is 9.47. The third-order valence-corrected chi connectivity index (χ3v) is 3.37. The molecular weight excluding hydrogens is 160 g/mol. The van der Waals surface area contributed by atoms with Crippen molar-refractivity contribution in [1.82, 2.24) is 4.90 Å². The topological polar surface area (TPSA) is 29.3 Å². The highest BCUT2D eigenvalue weighted by atomic mass is 15.2. The van der Waals surface area contributed by atoms with Crippen LogP contribution in [0.3, 0.4) is 0 Å². The van der Waals surface area contributed by atoms with Crippen LogP contribution in [-0.2, 0) is 0 Å². The van der Waals surface area contributed by atoms with Crippen molar-refractivity contribution in [2.75, 3.05) is 13.1 Å². The first-order chi connectivity index (χ1) is 6.29. The zero-order valence-electron chi connectivity index (χ0n) is 8.71. The quantitative estimate of drug-likeness (QED) is 0.699. The minimum atomic E-state index is 0.503. The van der Waals surface area contributed by atoms with Crippen LogP contribution in [0.25, 0.3) is 0 Å². The second-order valence-electron chi connectivity index (χ2n) is 4.82. The Hall–Kier alpha value is -0.0800. The summed E-state index contributed by atoms with van der Waals surface area (Å²) in [6, 6.07) is 1.33. The molecular formula is C11H22N2. The van der Waals surface area contributed by atoms with Gasteiger partial charge in [0.2, 0.25) is 0 Å². The van der Waals surface area contributed by atoms with E-state index < -0.39 is 0 Å². The van der Waals surface area contributed by atoms with Gasteiger partial charge in [0.15, 0.2) is 0 Å². The summed E-state index contributed by atoms with van der Waals surface area (Å²) in [5.74, 6) is 1.03. The van der Waals surface area contributed by atoms with Crippen LogP contribution < -0.4 is 5.73 Å². The van der Waals surface area contributed by atoms with Crippen molar-refractivity contribution in [3.05, 3.63) is 0 Å². The molecule has 2 nitrogen and oxygen atoms in total. The molecule has 2 rings (SSSR count). The molecule has 0 saturated heterocycles. The van der Waals surface area contributed by atoms with Gasteiger partial charge in [-0.05, 0) is 44.6 Å². The van der Waals surface area contributed by atoms with E-state index in [2.05, 4.69) is 11.8 Å². The van der Waals surface area contributed by atoms with E-state index in [1.807, 2.05) is 0 Å². The van der Waals surface area contributed by atoms with Crippen LogP contribution in [0.5, 0.6) is 0 Å². The van der Waals surface area contributed by atoms with Gasteiger partial charge in [-0.2, -0.15) is 0 Å². The average Bonchev–Trinajstić information content (AvgIpc) is 2.82. The second kappa shape index (κ2) is 3.97.